The topological polar surface area (TPSA) is 69.8 Å². The maximum atomic E-state index is 13.1. The van der Waals surface area contributed by atoms with Crippen molar-refractivity contribution in [1.82, 2.24) is 9.80 Å². The van der Waals surface area contributed by atoms with Crippen LogP contribution in [0.2, 0.25) is 0 Å². The summed E-state index contributed by atoms with van der Waals surface area (Å²) in [4.78, 5) is 16.1. The van der Waals surface area contributed by atoms with Gasteiger partial charge in [0.2, 0.25) is 5.91 Å². The van der Waals surface area contributed by atoms with Gasteiger partial charge in [0.25, 0.3) is 0 Å². The van der Waals surface area contributed by atoms with E-state index in [1.165, 1.54) is 12.1 Å². The number of benzene rings is 1. The van der Waals surface area contributed by atoms with E-state index >= 15 is 0 Å². The number of rotatable bonds is 7. The summed E-state index contributed by atoms with van der Waals surface area (Å²) in [5.41, 5.74) is 6.30. The standard InChI is InChI=1S/C18H28FN3O2/c1-13(23)11-22-9-7-14(8-10-22)12-21(2)17(18(20)24)15-3-5-16(19)6-4-15/h3-6,13-14,17,23H,7-12H2,1-2H3,(H2,20,24)/t13-,17+/m1/s1. The average Bonchev–Trinajstić information content (AvgIpc) is 2.50. The lowest BCUT2D eigenvalue weighted by Gasteiger charge is -2.36. The van der Waals surface area contributed by atoms with Crippen LogP contribution in [-0.2, 0) is 4.79 Å². The predicted molar refractivity (Wildman–Crippen MR) is 91.8 cm³/mol. The Morgan fingerprint density at radius 1 is 1.38 bits per heavy atom. The van der Waals surface area contributed by atoms with Crippen molar-refractivity contribution in [3.05, 3.63) is 35.6 Å². The number of primary amides is 1. The highest BCUT2D eigenvalue weighted by atomic mass is 19.1. The molecule has 1 heterocycles. The van der Waals surface area contributed by atoms with E-state index in [0.29, 0.717) is 12.5 Å². The van der Waals surface area contributed by atoms with Crippen LogP contribution in [0.1, 0.15) is 31.4 Å². The van der Waals surface area contributed by atoms with Crippen LogP contribution in [0.25, 0.3) is 0 Å². The van der Waals surface area contributed by atoms with Gasteiger partial charge in [0, 0.05) is 13.1 Å². The number of nitrogens with zero attached hydrogens (tertiary/aromatic N) is 2. The van der Waals surface area contributed by atoms with E-state index in [4.69, 9.17) is 5.73 Å². The zero-order valence-corrected chi connectivity index (χ0v) is 14.5. The quantitative estimate of drug-likeness (QED) is 0.789. The SMILES string of the molecule is C[C@@H](O)CN1CCC(CN(C)[C@H](C(N)=O)c2ccc(F)cc2)CC1. The lowest BCUT2D eigenvalue weighted by Crippen LogP contribution is -2.43. The number of piperidine rings is 1. The van der Waals surface area contributed by atoms with Crippen LogP contribution in [0.3, 0.4) is 0 Å². The molecule has 2 atom stereocenters. The molecule has 0 aromatic heterocycles. The molecule has 5 nitrogen and oxygen atoms in total. The molecule has 0 spiro atoms. The van der Waals surface area contributed by atoms with E-state index in [2.05, 4.69) is 4.90 Å². The smallest absolute Gasteiger partial charge is 0.239 e. The third-order valence-corrected chi connectivity index (χ3v) is 4.67. The van der Waals surface area contributed by atoms with Gasteiger partial charge in [0.1, 0.15) is 11.9 Å². The van der Waals surface area contributed by atoms with Gasteiger partial charge in [-0.05, 0) is 63.5 Å². The monoisotopic (exact) mass is 337 g/mol. The first-order chi connectivity index (χ1) is 11.4. The molecule has 1 fully saturated rings. The Kier molecular flexibility index (Phi) is 6.71. The van der Waals surface area contributed by atoms with E-state index in [1.807, 2.05) is 11.9 Å². The number of hydrogen-bond donors (Lipinski definition) is 2. The van der Waals surface area contributed by atoms with Crippen molar-refractivity contribution in [3.63, 3.8) is 0 Å². The van der Waals surface area contributed by atoms with E-state index in [-0.39, 0.29) is 11.9 Å². The molecule has 2 rings (SSSR count). The lowest BCUT2D eigenvalue weighted by molar-refractivity contribution is -0.123. The average molecular weight is 337 g/mol. The summed E-state index contributed by atoms with van der Waals surface area (Å²) in [5.74, 6) is -0.256. The Hall–Kier alpha value is -1.50. The number of nitrogens with two attached hydrogens (primary N) is 1. The molecule has 24 heavy (non-hydrogen) atoms. The highest BCUT2D eigenvalue weighted by Crippen LogP contribution is 2.24. The summed E-state index contributed by atoms with van der Waals surface area (Å²) in [6.45, 7) is 5.21. The molecular formula is C18H28FN3O2. The molecule has 0 radical (unpaired) electrons. The minimum atomic E-state index is -0.541. The van der Waals surface area contributed by atoms with Gasteiger partial charge in [-0.2, -0.15) is 0 Å². The number of aliphatic hydroxyl groups is 1. The van der Waals surface area contributed by atoms with Gasteiger partial charge < -0.3 is 15.7 Å². The molecule has 1 amide bonds. The normalized spacial score (nSPS) is 19.4. The summed E-state index contributed by atoms with van der Waals surface area (Å²) >= 11 is 0. The number of carbonyl (C=O) groups is 1. The molecule has 1 aromatic rings. The van der Waals surface area contributed by atoms with Crippen molar-refractivity contribution in [1.29, 1.82) is 0 Å². The predicted octanol–water partition coefficient (Wildman–Crippen LogP) is 1.38. The van der Waals surface area contributed by atoms with Crippen molar-refractivity contribution >= 4 is 5.91 Å². The number of amides is 1. The van der Waals surface area contributed by atoms with E-state index in [1.54, 1.807) is 19.1 Å². The first-order valence-electron chi connectivity index (χ1n) is 8.52. The van der Waals surface area contributed by atoms with Crippen LogP contribution in [0.15, 0.2) is 24.3 Å². The van der Waals surface area contributed by atoms with E-state index in [0.717, 1.165) is 38.0 Å². The van der Waals surface area contributed by atoms with Crippen molar-refractivity contribution < 1.29 is 14.3 Å². The number of likely N-dealkylation sites (tertiary alicyclic amines) is 1. The third kappa shape index (κ3) is 5.26. The molecule has 3 N–H and O–H groups in total. The molecule has 0 saturated carbocycles. The Morgan fingerprint density at radius 2 is 1.96 bits per heavy atom. The number of likely N-dealkylation sites (N-methyl/N-ethyl adjacent to an activating group) is 1. The van der Waals surface area contributed by atoms with Crippen molar-refractivity contribution in [2.45, 2.75) is 31.9 Å². The summed E-state index contributed by atoms with van der Waals surface area (Å²) in [6.07, 6.45) is 1.76. The van der Waals surface area contributed by atoms with Crippen LogP contribution >= 0.6 is 0 Å². The largest absolute Gasteiger partial charge is 0.392 e. The van der Waals surface area contributed by atoms with Gasteiger partial charge in [-0.1, -0.05) is 12.1 Å². The van der Waals surface area contributed by atoms with Gasteiger partial charge in [0.05, 0.1) is 6.10 Å². The molecular weight excluding hydrogens is 309 g/mol. The van der Waals surface area contributed by atoms with Crippen LogP contribution in [0.5, 0.6) is 0 Å². The molecule has 1 aromatic carbocycles. The molecule has 0 bridgehead atoms. The van der Waals surface area contributed by atoms with Crippen LogP contribution in [0, 0.1) is 11.7 Å². The zero-order valence-electron chi connectivity index (χ0n) is 14.5. The second kappa shape index (κ2) is 8.55. The summed E-state index contributed by atoms with van der Waals surface area (Å²) < 4.78 is 13.1. The van der Waals surface area contributed by atoms with Gasteiger partial charge in [-0.25, -0.2) is 4.39 Å². The molecule has 1 aliphatic heterocycles. The fourth-order valence-electron chi connectivity index (χ4n) is 3.52. The minimum absolute atomic E-state index is 0.304. The molecule has 0 unspecified atom stereocenters. The molecule has 134 valence electrons. The Morgan fingerprint density at radius 3 is 2.46 bits per heavy atom. The maximum Gasteiger partial charge on any atom is 0.239 e. The number of hydrogen-bond acceptors (Lipinski definition) is 4. The van der Waals surface area contributed by atoms with E-state index in [9.17, 15) is 14.3 Å². The molecule has 6 heteroatoms. The van der Waals surface area contributed by atoms with Gasteiger partial charge in [-0.15, -0.1) is 0 Å². The van der Waals surface area contributed by atoms with E-state index < -0.39 is 11.9 Å². The maximum absolute atomic E-state index is 13.1. The highest BCUT2D eigenvalue weighted by molar-refractivity contribution is 5.81. The third-order valence-electron chi connectivity index (χ3n) is 4.67. The zero-order chi connectivity index (χ0) is 17.7. The first-order valence-corrected chi connectivity index (χ1v) is 8.52. The number of halogens is 1. The molecule has 0 aliphatic carbocycles. The summed E-state index contributed by atoms with van der Waals surface area (Å²) in [7, 11) is 1.89. The molecule has 1 aliphatic rings. The fourth-order valence-corrected chi connectivity index (χ4v) is 3.52. The van der Waals surface area contributed by atoms with Gasteiger partial charge in [-0.3, -0.25) is 9.69 Å². The second-order valence-electron chi connectivity index (χ2n) is 6.89. The summed E-state index contributed by atoms with van der Waals surface area (Å²) in [6, 6.07) is 5.40. The first kappa shape index (κ1) is 18.8. The minimum Gasteiger partial charge on any atom is -0.392 e. The Labute approximate surface area is 143 Å². The van der Waals surface area contributed by atoms with Gasteiger partial charge in [0.15, 0.2) is 0 Å². The number of β-amino-alcohol motifs (C(OH)–C–C–N with tert-alkyl or cyclic N) is 1. The second-order valence-corrected chi connectivity index (χ2v) is 6.89. The Balaban J connectivity index is 1.93. The van der Waals surface area contributed by atoms with Crippen molar-refractivity contribution in [2.24, 2.45) is 11.7 Å². The Bertz CT molecular complexity index is 528. The van der Waals surface area contributed by atoms with Gasteiger partial charge >= 0.3 is 0 Å². The van der Waals surface area contributed by atoms with Crippen LogP contribution < -0.4 is 5.73 Å². The van der Waals surface area contributed by atoms with Crippen molar-refractivity contribution in [2.75, 3.05) is 33.2 Å². The van der Waals surface area contributed by atoms with Crippen LogP contribution in [-0.4, -0.2) is 60.1 Å². The highest BCUT2D eigenvalue weighted by Gasteiger charge is 2.27. The number of carbonyl (C=O) groups excluding carboxylic acids is 1. The number of aliphatic hydroxyl groups excluding tert-OH is 1. The summed E-state index contributed by atoms with van der Waals surface area (Å²) in [5, 5.41) is 9.47. The molecule has 1 saturated heterocycles. The lowest BCUT2D eigenvalue weighted by atomic mass is 9.94. The van der Waals surface area contributed by atoms with Crippen LogP contribution in [0.4, 0.5) is 4.39 Å². The van der Waals surface area contributed by atoms with Crippen molar-refractivity contribution in [3.8, 4) is 0 Å². The fraction of sp³-hybridized carbons (Fsp3) is 0.611.